The molecular formula is C16H13I2NO. The number of hydrogen-bond donors (Lipinski definition) is 0. The number of nitriles is 1. The summed E-state index contributed by atoms with van der Waals surface area (Å²) in [7, 11) is 1.68. The predicted octanol–water partition coefficient (Wildman–Crippen LogP) is 4.56. The number of halogens is 2. The van der Waals surface area contributed by atoms with Crippen LogP contribution in [0.25, 0.3) is 0 Å². The number of hydrogen-bond acceptors (Lipinski definition) is 2. The maximum absolute atomic E-state index is 8.79. The first kappa shape index (κ1) is 15.6. The molecule has 2 aromatic rings. The molecule has 0 saturated heterocycles. The van der Waals surface area contributed by atoms with Crippen molar-refractivity contribution in [1.82, 2.24) is 0 Å². The van der Waals surface area contributed by atoms with Crippen molar-refractivity contribution in [2.45, 2.75) is 12.8 Å². The third-order valence-corrected chi connectivity index (χ3v) is 4.95. The van der Waals surface area contributed by atoms with Gasteiger partial charge in [0.2, 0.25) is 0 Å². The molecular weight excluding hydrogens is 476 g/mol. The molecule has 0 unspecified atom stereocenters. The molecule has 20 heavy (non-hydrogen) atoms. The molecule has 102 valence electrons. The Bertz CT molecular complexity index is 622. The lowest BCUT2D eigenvalue weighted by Crippen LogP contribution is -1.98. The molecule has 2 aromatic carbocycles. The Morgan fingerprint density at radius 1 is 1.05 bits per heavy atom. The minimum Gasteiger partial charge on any atom is -0.497 e. The Hall–Kier alpha value is -0.810. The van der Waals surface area contributed by atoms with Crippen LogP contribution in [0.5, 0.6) is 5.75 Å². The van der Waals surface area contributed by atoms with Gasteiger partial charge in [0.25, 0.3) is 0 Å². The van der Waals surface area contributed by atoms with Crippen LogP contribution in [0, 0.1) is 18.5 Å². The van der Waals surface area contributed by atoms with Crippen molar-refractivity contribution in [3.05, 3.63) is 60.2 Å². The van der Waals surface area contributed by atoms with E-state index in [0.717, 1.165) is 17.7 Å². The fraction of sp³-hybridized carbons (Fsp3) is 0.188. The summed E-state index contributed by atoms with van der Waals surface area (Å²) < 4.78 is 7.61. The Kier molecular flexibility index (Phi) is 5.66. The first-order valence-electron chi connectivity index (χ1n) is 6.10. The number of benzene rings is 2. The van der Waals surface area contributed by atoms with E-state index in [9.17, 15) is 0 Å². The van der Waals surface area contributed by atoms with E-state index >= 15 is 0 Å². The van der Waals surface area contributed by atoms with Crippen LogP contribution in [0.15, 0.2) is 36.4 Å². The number of ether oxygens (including phenoxy) is 1. The minimum atomic E-state index is 0.467. The standard InChI is InChI=1S/C16H13I2NO/c1-20-13-4-2-11(3-5-13)8-14-15(17)9-12(6-7-19)10-16(14)18/h2-5,9-10H,6,8H2,1H3. The van der Waals surface area contributed by atoms with Gasteiger partial charge < -0.3 is 4.74 Å². The Balaban J connectivity index is 2.26. The van der Waals surface area contributed by atoms with Gasteiger partial charge in [0.05, 0.1) is 19.6 Å². The van der Waals surface area contributed by atoms with Crippen molar-refractivity contribution in [1.29, 1.82) is 5.26 Å². The zero-order valence-corrected chi connectivity index (χ0v) is 15.3. The maximum atomic E-state index is 8.79. The van der Waals surface area contributed by atoms with Crippen LogP contribution in [0.2, 0.25) is 0 Å². The third kappa shape index (κ3) is 3.85. The molecule has 0 atom stereocenters. The van der Waals surface area contributed by atoms with Gasteiger partial charge in [0.15, 0.2) is 0 Å². The lowest BCUT2D eigenvalue weighted by Gasteiger charge is -2.10. The molecule has 0 amide bonds. The second-order valence-corrected chi connectivity index (χ2v) is 6.72. The smallest absolute Gasteiger partial charge is 0.118 e. The van der Waals surface area contributed by atoms with Gasteiger partial charge in [0, 0.05) is 7.14 Å². The highest BCUT2D eigenvalue weighted by Crippen LogP contribution is 2.25. The summed E-state index contributed by atoms with van der Waals surface area (Å²) in [5.41, 5.74) is 3.66. The largest absolute Gasteiger partial charge is 0.497 e. The zero-order chi connectivity index (χ0) is 14.5. The topological polar surface area (TPSA) is 33.0 Å². The van der Waals surface area contributed by atoms with Gasteiger partial charge in [-0.25, -0.2) is 0 Å². The molecule has 2 rings (SSSR count). The van der Waals surface area contributed by atoms with E-state index in [0.29, 0.717) is 6.42 Å². The summed E-state index contributed by atoms with van der Waals surface area (Å²) >= 11 is 4.71. The van der Waals surface area contributed by atoms with Crippen LogP contribution in [0.4, 0.5) is 0 Å². The zero-order valence-electron chi connectivity index (χ0n) is 11.0. The second kappa shape index (κ2) is 7.27. The summed E-state index contributed by atoms with van der Waals surface area (Å²) in [6.45, 7) is 0. The quantitative estimate of drug-likeness (QED) is 0.591. The second-order valence-electron chi connectivity index (χ2n) is 4.40. The predicted molar refractivity (Wildman–Crippen MR) is 97.0 cm³/mol. The minimum absolute atomic E-state index is 0.467. The molecule has 0 radical (unpaired) electrons. The SMILES string of the molecule is COc1ccc(Cc2c(I)cc(CC#N)cc2I)cc1. The van der Waals surface area contributed by atoms with E-state index in [-0.39, 0.29) is 0 Å². The van der Waals surface area contributed by atoms with E-state index < -0.39 is 0 Å². The number of nitrogens with zero attached hydrogens (tertiary/aromatic N) is 1. The van der Waals surface area contributed by atoms with Gasteiger partial charge in [-0.2, -0.15) is 5.26 Å². The van der Waals surface area contributed by atoms with E-state index in [2.05, 4.69) is 75.5 Å². The first-order chi connectivity index (χ1) is 9.63. The molecule has 0 saturated carbocycles. The molecule has 0 aromatic heterocycles. The van der Waals surface area contributed by atoms with Gasteiger partial charge >= 0.3 is 0 Å². The Morgan fingerprint density at radius 2 is 1.65 bits per heavy atom. The van der Waals surface area contributed by atoms with Gasteiger partial charge in [0.1, 0.15) is 5.75 Å². The normalized spacial score (nSPS) is 10.1. The Morgan fingerprint density at radius 3 is 2.15 bits per heavy atom. The maximum Gasteiger partial charge on any atom is 0.118 e. The summed E-state index contributed by atoms with van der Waals surface area (Å²) in [5, 5.41) is 8.79. The van der Waals surface area contributed by atoms with Gasteiger partial charge in [-0.1, -0.05) is 12.1 Å². The fourth-order valence-electron chi connectivity index (χ4n) is 1.97. The average Bonchev–Trinajstić information content (AvgIpc) is 2.44. The van der Waals surface area contributed by atoms with Gasteiger partial charge in [-0.3, -0.25) is 0 Å². The van der Waals surface area contributed by atoms with Gasteiger partial charge in [-0.05, 0) is 92.6 Å². The van der Waals surface area contributed by atoms with E-state index in [1.807, 2.05) is 12.1 Å². The molecule has 0 aliphatic rings. The van der Waals surface area contributed by atoms with Crippen molar-refractivity contribution in [2.75, 3.05) is 7.11 Å². The van der Waals surface area contributed by atoms with E-state index in [4.69, 9.17) is 10.00 Å². The van der Waals surface area contributed by atoms with Crippen molar-refractivity contribution in [3.63, 3.8) is 0 Å². The molecule has 4 heteroatoms. The van der Waals surface area contributed by atoms with Crippen LogP contribution >= 0.6 is 45.2 Å². The monoisotopic (exact) mass is 489 g/mol. The highest BCUT2D eigenvalue weighted by atomic mass is 127. The third-order valence-electron chi connectivity index (χ3n) is 3.02. The van der Waals surface area contributed by atoms with E-state index in [1.54, 1.807) is 7.11 Å². The van der Waals surface area contributed by atoms with Crippen LogP contribution in [0.3, 0.4) is 0 Å². The Labute approximate surface area is 146 Å². The molecule has 0 heterocycles. The molecule has 0 aliphatic heterocycles. The molecule has 0 fully saturated rings. The fourth-order valence-corrected chi connectivity index (χ4v) is 4.24. The van der Waals surface area contributed by atoms with Crippen molar-refractivity contribution >= 4 is 45.2 Å². The highest BCUT2D eigenvalue weighted by Gasteiger charge is 2.08. The average molecular weight is 489 g/mol. The van der Waals surface area contributed by atoms with E-state index in [1.165, 1.54) is 18.3 Å². The lowest BCUT2D eigenvalue weighted by molar-refractivity contribution is 0.414. The summed E-state index contributed by atoms with van der Waals surface area (Å²) in [5.74, 6) is 0.877. The summed E-state index contributed by atoms with van der Waals surface area (Å²) in [6, 6.07) is 14.6. The van der Waals surface area contributed by atoms with Crippen molar-refractivity contribution in [3.8, 4) is 11.8 Å². The summed E-state index contributed by atoms with van der Waals surface area (Å²) in [6.07, 6.45) is 1.36. The van der Waals surface area contributed by atoms with Crippen LogP contribution < -0.4 is 4.74 Å². The summed E-state index contributed by atoms with van der Waals surface area (Å²) in [4.78, 5) is 0. The van der Waals surface area contributed by atoms with Crippen LogP contribution in [0.1, 0.15) is 16.7 Å². The molecule has 0 N–H and O–H groups in total. The molecule has 0 aliphatic carbocycles. The molecule has 0 spiro atoms. The van der Waals surface area contributed by atoms with Crippen molar-refractivity contribution < 1.29 is 4.74 Å². The molecule has 0 bridgehead atoms. The van der Waals surface area contributed by atoms with Crippen LogP contribution in [-0.2, 0) is 12.8 Å². The molecule has 2 nitrogen and oxygen atoms in total. The van der Waals surface area contributed by atoms with Crippen LogP contribution in [-0.4, -0.2) is 7.11 Å². The highest BCUT2D eigenvalue weighted by molar-refractivity contribution is 14.1. The lowest BCUT2D eigenvalue weighted by atomic mass is 10.0. The first-order valence-corrected chi connectivity index (χ1v) is 8.26. The van der Waals surface area contributed by atoms with Gasteiger partial charge in [-0.15, -0.1) is 0 Å². The van der Waals surface area contributed by atoms with Crippen molar-refractivity contribution in [2.24, 2.45) is 0 Å². The number of rotatable bonds is 4. The number of methoxy groups -OCH3 is 1.